The molecule has 0 spiro atoms. The molecule has 0 radical (unpaired) electrons. The summed E-state index contributed by atoms with van der Waals surface area (Å²) < 4.78 is 5.91. The van der Waals surface area contributed by atoms with Crippen LogP contribution in [-0.4, -0.2) is 40.0 Å². The largest absolute Gasteiger partial charge is 0.481 e. The molecular formula is C24H29N3O2. The molecule has 5 nitrogen and oxygen atoms in total. The zero-order valence-corrected chi connectivity index (χ0v) is 17.4. The first-order chi connectivity index (χ1) is 14.0. The van der Waals surface area contributed by atoms with E-state index in [1.54, 1.807) is 0 Å². The Hall–Kier alpha value is -2.82. The number of benzene rings is 1. The number of ether oxygens (including phenoxy) is 1. The number of aromatic amines is 1. The van der Waals surface area contributed by atoms with Crippen molar-refractivity contribution in [2.45, 2.75) is 51.6 Å². The van der Waals surface area contributed by atoms with Crippen LogP contribution in [0.25, 0.3) is 11.0 Å². The molecule has 4 rings (SSSR count). The maximum atomic E-state index is 12.9. The fourth-order valence-corrected chi connectivity index (χ4v) is 4.14. The molecular weight excluding hydrogens is 362 g/mol. The van der Waals surface area contributed by atoms with Gasteiger partial charge < -0.3 is 14.6 Å². The van der Waals surface area contributed by atoms with Crippen molar-refractivity contribution in [1.29, 1.82) is 0 Å². The van der Waals surface area contributed by atoms with Gasteiger partial charge in [0.15, 0.2) is 6.10 Å². The Labute approximate surface area is 172 Å². The maximum Gasteiger partial charge on any atom is 0.263 e. The van der Waals surface area contributed by atoms with E-state index in [9.17, 15) is 4.79 Å². The van der Waals surface area contributed by atoms with E-state index >= 15 is 0 Å². The molecule has 1 amide bonds. The molecule has 152 valence electrons. The molecule has 1 saturated heterocycles. The van der Waals surface area contributed by atoms with E-state index in [1.165, 1.54) is 11.1 Å². The Bertz CT molecular complexity index is 969. The lowest BCUT2D eigenvalue weighted by atomic mass is 9.90. The number of amides is 1. The first-order valence-electron chi connectivity index (χ1n) is 10.5. The van der Waals surface area contributed by atoms with Crippen LogP contribution in [0.3, 0.4) is 0 Å². The number of carbonyl (C=O) groups is 1. The van der Waals surface area contributed by atoms with Crippen LogP contribution in [0, 0.1) is 0 Å². The minimum Gasteiger partial charge on any atom is -0.481 e. The van der Waals surface area contributed by atoms with Gasteiger partial charge in [-0.3, -0.25) is 9.78 Å². The van der Waals surface area contributed by atoms with E-state index in [1.807, 2.05) is 36.2 Å². The molecule has 0 aliphatic carbocycles. The van der Waals surface area contributed by atoms with Gasteiger partial charge in [0.2, 0.25) is 0 Å². The summed E-state index contributed by atoms with van der Waals surface area (Å²) in [5, 5.41) is 0. The van der Waals surface area contributed by atoms with Crippen LogP contribution in [0.4, 0.5) is 0 Å². The van der Waals surface area contributed by atoms with E-state index < -0.39 is 6.10 Å². The Morgan fingerprint density at radius 1 is 1.14 bits per heavy atom. The summed E-state index contributed by atoms with van der Waals surface area (Å²) in [7, 11) is 0. The molecule has 1 N–H and O–H groups in total. The summed E-state index contributed by atoms with van der Waals surface area (Å²) in [4.78, 5) is 22.6. The number of fused-ring (bicyclic) bond motifs is 1. The van der Waals surface area contributed by atoms with Crippen molar-refractivity contribution < 1.29 is 9.53 Å². The van der Waals surface area contributed by atoms with E-state index in [4.69, 9.17) is 4.74 Å². The van der Waals surface area contributed by atoms with Gasteiger partial charge in [0.25, 0.3) is 5.91 Å². The van der Waals surface area contributed by atoms with Crippen molar-refractivity contribution in [2.24, 2.45) is 0 Å². The lowest BCUT2D eigenvalue weighted by Gasteiger charge is -2.33. The second-order valence-electron chi connectivity index (χ2n) is 8.23. The van der Waals surface area contributed by atoms with E-state index in [0.717, 1.165) is 42.7 Å². The van der Waals surface area contributed by atoms with Crippen molar-refractivity contribution in [1.82, 2.24) is 14.9 Å². The van der Waals surface area contributed by atoms with Crippen LogP contribution in [0.2, 0.25) is 0 Å². The first-order valence-corrected chi connectivity index (χ1v) is 10.5. The molecule has 1 aromatic carbocycles. The third-order valence-corrected chi connectivity index (χ3v) is 5.92. The van der Waals surface area contributed by atoms with Gasteiger partial charge in [0.05, 0.1) is 11.0 Å². The molecule has 1 fully saturated rings. The molecule has 1 unspecified atom stereocenters. The van der Waals surface area contributed by atoms with Gasteiger partial charge in [-0.25, -0.2) is 0 Å². The number of likely N-dealkylation sites (tertiary alicyclic amines) is 1. The van der Waals surface area contributed by atoms with Crippen molar-refractivity contribution in [3.63, 3.8) is 0 Å². The number of hydrogen-bond donors (Lipinski definition) is 1. The Morgan fingerprint density at radius 2 is 1.86 bits per heavy atom. The summed E-state index contributed by atoms with van der Waals surface area (Å²) in [5.41, 5.74) is 4.66. The minimum absolute atomic E-state index is 0.0634. The zero-order valence-electron chi connectivity index (χ0n) is 17.4. The number of rotatable bonds is 5. The minimum atomic E-state index is -0.480. The molecule has 1 aliphatic rings. The van der Waals surface area contributed by atoms with Crippen molar-refractivity contribution in [3.8, 4) is 5.75 Å². The predicted octanol–water partition coefficient (Wildman–Crippen LogP) is 4.86. The van der Waals surface area contributed by atoms with Crippen LogP contribution in [0.5, 0.6) is 5.75 Å². The molecule has 1 atom stereocenters. The number of pyridine rings is 1. The van der Waals surface area contributed by atoms with Gasteiger partial charge >= 0.3 is 0 Å². The number of nitrogens with one attached hydrogen (secondary N) is 1. The molecule has 3 aromatic rings. The normalized spacial score (nSPS) is 16.3. The summed E-state index contributed by atoms with van der Waals surface area (Å²) in [6.07, 6.45) is 5.33. The highest BCUT2D eigenvalue weighted by molar-refractivity contribution is 5.81. The third-order valence-electron chi connectivity index (χ3n) is 5.92. The highest BCUT2D eigenvalue weighted by Crippen LogP contribution is 2.32. The molecule has 2 aromatic heterocycles. The zero-order chi connectivity index (χ0) is 20.4. The smallest absolute Gasteiger partial charge is 0.263 e. The monoisotopic (exact) mass is 391 g/mol. The van der Waals surface area contributed by atoms with Gasteiger partial charge in [-0.05, 0) is 67.0 Å². The second-order valence-corrected chi connectivity index (χ2v) is 8.23. The number of hydrogen-bond acceptors (Lipinski definition) is 3. The Morgan fingerprint density at radius 3 is 2.55 bits per heavy atom. The summed E-state index contributed by atoms with van der Waals surface area (Å²) in [5.74, 6) is 1.72. The fraction of sp³-hybridized carbons (Fsp3) is 0.417. The summed E-state index contributed by atoms with van der Waals surface area (Å²) in [6.45, 7) is 7.68. The van der Waals surface area contributed by atoms with E-state index in [0.29, 0.717) is 11.8 Å². The molecule has 0 saturated carbocycles. The van der Waals surface area contributed by atoms with Crippen LogP contribution in [-0.2, 0) is 4.79 Å². The summed E-state index contributed by atoms with van der Waals surface area (Å²) in [6, 6.07) is 12.0. The van der Waals surface area contributed by atoms with Crippen LogP contribution < -0.4 is 4.74 Å². The van der Waals surface area contributed by atoms with Crippen LogP contribution >= 0.6 is 0 Å². The quantitative estimate of drug-likeness (QED) is 0.676. The van der Waals surface area contributed by atoms with Crippen molar-refractivity contribution in [3.05, 3.63) is 59.9 Å². The highest BCUT2D eigenvalue weighted by Gasteiger charge is 2.29. The lowest BCUT2D eigenvalue weighted by Crippen LogP contribution is -2.44. The average Bonchev–Trinajstić information content (AvgIpc) is 3.18. The number of piperidine rings is 1. The standard InChI is InChI=1S/C24H29N3O2/c1-16(2)18-6-8-20(9-7-18)29-17(3)24(28)27-13-10-19(11-14-27)21-15-26-22-5-4-12-25-23(21)22/h4-9,12,15-17,19,26H,10-11,13-14H2,1-3H3. The average molecular weight is 392 g/mol. The topological polar surface area (TPSA) is 58.2 Å². The van der Waals surface area contributed by atoms with Crippen LogP contribution in [0.15, 0.2) is 48.8 Å². The predicted molar refractivity (Wildman–Crippen MR) is 115 cm³/mol. The van der Waals surface area contributed by atoms with Gasteiger partial charge in [0, 0.05) is 25.5 Å². The summed E-state index contributed by atoms with van der Waals surface area (Å²) >= 11 is 0. The van der Waals surface area contributed by atoms with Gasteiger partial charge in [-0.1, -0.05) is 26.0 Å². The van der Waals surface area contributed by atoms with Crippen molar-refractivity contribution in [2.75, 3.05) is 13.1 Å². The molecule has 5 heteroatoms. The fourth-order valence-electron chi connectivity index (χ4n) is 4.14. The number of aromatic nitrogens is 2. The number of nitrogens with zero attached hydrogens (tertiary/aromatic N) is 2. The molecule has 29 heavy (non-hydrogen) atoms. The highest BCUT2D eigenvalue weighted by atomic mass is 16.5. The molecule has 3 heterocycles. The Balaban J connectivity index is 1.34. The second kappa shape index (κ2) is 8.27. The van der Waals surface area contributed by atoms with Crippen LogP contribution in [0.1, 0.15) is 56.6 Å². The number of carbonyl (C=O) groups excluding carboxylic acids is 1. The van der Waals surface area contributed by atoms with Gasteiger partial charge in [0.1, 0.15) is 5.75 Å². The van der Waals surface area contributed by atoms with E-state index in [-0.39, 0.29) is 5.91 Å². The van der Waals surface area contributed by atoms with Gasteiger partial charge in [-0.15, -0.1) is 0 Å². The molecule has 0 bridgehead atoms. The third kappa shape index (κ3) is 4.14. The van der Waals surface area contributed by atoms with Crippen molar-refractivity contribution >= 4 is 16.9 Å². The maximum absolute atomic E-state index is 12.9. The lowest BCUT2D eigenvalue weighted by molar-refractivity contribution is -0.139. The Kier molecular flexibility index (Phi) is 5.56. The molecule has 1 aliphatic heterocycles. The first kappa shape index (κ1) is 19.5. The SMILES string of the molecule is CC(Oc1ccc(C(C)C)cc1)C(=O)N1CCC(c2c[nH]c3cccnc23)CC1. The van der Waals surface area contributed by atoms with Gasteiger partial charge in [-0.2, -0.15) is 0 Å². The van der Waals surface area contributed by atoms with E-state index in [2.05, 4.69) is 48.2 Å². The number of H-pyrrole nitrogens is 1.